The smallest absolute Gasteiger partial charge is 0.155 e. The lowest BCUT2D eigenvalue weighted by atomic mass is 9.95. The number of nitrogens with one attached hydrogen (secondary N) is 2. The van der Waals surface area contributed by atoms with Crippen LogP contribution in [0.15, 0.2) is 179 Å². The van der Waals surface area contributed by atoms with Gasteiger partial charge in [0.05, 0.1) is 22.8 Å². The third-order valence-electron chi connectivity index (χ3n) is 10.8. The number of aromatic nitrogens is 1. The summed E-state index contributed by atoms with van der Waals surface area (Å²) in [6, 6.07) is 51.5. The lowest BCUT2D eigenvalue weighted by Gasteiger charge is -2.22. The molecular weight excluding hydrogens is 659 g/mol. The summed E-state index contributed by atoms with van der Waals surface area (Å²) < 4.78 is 2.39. The molecule has 2 N–H and O–H groups in total. The largest absolute Gasteiger partial charge is 0.355 e. The van der Waals surface area contributed by atoms with E-state index in [9.17, 15) is 0 Å². The summed E-state index contributed by atoms with van der Waals surface area (Å²) in [5, 5.41) is 19.3. The molecule has 258 valence electrons. The molecule has 8 aromatic rings. The quantitative estimate of drug-likeness (QED) is 0.126. The van der Waals surface area contributed by atoms with Crippen molar-refractivity contribution in [3.63, 3.8) is 0 Å². The van der Waals surface area contributed by atoms with Gasteiger partial charge in [-0.3, -0.25) is 4.99 Å². The number of allylic oxidation sites excluding steroid dienone is 2. The molecule has 10 rings (SSSR count). The maximum atomic E-state index is 8.72. The van der Waals surface area contributed by atoms with Gasteiger partial charge in [-0.15, -0.1) is 0 Å². The minimum atomic E-state index is -0.000168. The number of hydrogen-bond acceptors (Lipinski definition) is 4. The summed E-state index contributed by atoms with van der Waals surface area (Å²) in [6.07, 6.45) is 10.9. The van der Waals surface area contributed by atoms with Crippen molar-refractivity contribution in [3.05, 3.63) is 186 Å². The van der Waals surface area contributed by atoms with E-state index in [-0.39, 0.29) is 6.04 Å². The molecule has 0 fully saturated rings. The first-order valence-electron chi connectivity index (χ1n) is 18.7. The zero-order chi connectivity index (χ0) is 36.0. The van der Waals surface area contributed by atoms with Gasteiger partial charge in [0.15, 0.2) is 5.84 Å². The summed E-state index contributed by atoms with van der Waals surface area (Å²) >= 11 is 0. The van der Waals surface area contributed by atoms with Crippen molar-refractivity contribution >= 4 is 72.5 Å². The van der Waals surface area contributed by atoms with Crippen molar-refractivity contribution in [1.29, 1.82) is 5.41 Å². The average Bonchev–Trinajstić information content (AvgIpc) is 3.59. The van der Waals surface area contributed by atoms with E-state index in [1.165, 1.54) is 33.3 Å². The second kappa shape index (κ2) is 13.3. The number of amidine groups is 1. The Morgan fingerprint density at radius 2 is 1.44 bits per heavy atom. The topological polar surface area (TPSA) is 65.5 Å². The number of hydrogen-bond donors (Lipinski definition) is 2. The molecule has 2 aliphatic rings. The van der Waals surface area contributed by atoms with Crippen molar-refractivity contribution in [1.82, 2.24) is 4.57 Å². The predicted molar refractivity (Wildman–Crippen MR) is 228 cm³/mol. The Bertz CT molecular complexity index is 2880. The molecule has 1 aromatic heterocycles. The Morgan fingerprint density at radius 1 is 0.685 bits per heavy atom. The maximum Gasteiger partial charge on any atom is 0.155 e. The third-order valence-corrected chi connectivity index (χ3v) is 10.8. The van der Waals surface area contributed by atoms with Crippen molar-refractivity contribution in [2.75, 3.05) is 5.32 Å². The van der Waals surface area contributed by atoms with E-state index >= 15 is 0 Å². The molecule has 0 radical (unpaired) electrons. The molecule has 5 heteroatoms. The highest BCUT2D eigenvalue weighted by atomic mass is 15.0. The van der Waals surface area contributed by atoms with Crippen molar-refractivity contribution in [3.8, 4) is 5.69 Å². The third kappa shape index (κ3) is 5.44. The summed E-state index contributed by atoms with van der Waals surface area (Å²) in [6.45, 7) is 0. The van der Waals surface area contributed by atoms with E-state index in [0.717, 1.165) is 86.4 Å². The fraction of sp³-hybridized carbons (Fsp3) is 0.0816. The Kier molecular flexibility index (Phi) is 7.84. The van der Waals surface area contributed by atoms with Gasteiger partial charge in [0.25, 0.3) is 0 Å². The van der Waals surface area contributed by atoms with Gasteiger partial charge in [-0.1, -0.05) is 127 Å². The number of nitrogens with zero attached hydrogens (tertiary/aromatic N) is 3. The molecule has 1 atom stereocenters. The number of anilines is 2. The summed E-state index contributed by atoms with van der Waals surface area (Å²) in [5.74, 6) is 0.810. The van der Waals surface area contributed by atoms with Crippen LogP contribution in [-0.4, -0.2) is 22.3 Å². The van der Waals surface area contributed by atoms with Crippen LogP contribution in [0.5, 0.6) is 0 Å². The van der Waals surface area contributed by atoms with Crippen LogP contribution < -0.4 is 5.32 Å². The van der Waals surface area contributed by atoms with E-state index in [0.29, 0.717) is 0 Å². The molecule has 1 aliphatic carbocycles. The van der Waals surface area contributed by atoms with Crippen molar-refractivity contribution in [2.24, 2.45) is 9.98 Å². The maximum absolute atomic E-state index is 8.72. The standard InChI is InChI=1S/C49H37N5/c50-31-41-42(51-37-17-8-3-9-18-37)28-29-45-47(41)40-27-24-35-21-20-32-12-10-11-19-39(32)46(35)48(40)54(45)38-25-22-34(23-26-38)44-30-43(33-13-4-1-5-14-33)52-49(53-44)36-15-6-2-7-16-36/h1,3-6,8-29,31,43,50-51H,2,7,30H2. The number of aliphatic imine (C=N–C) groups is 2. The minimum Gasteiger partial charge on any atom is -0.355 e. The molecule has 0 saturated heterocycles. The molecule has 1 aliphatic heterocycles. The lowest BCUT2D eigenvalue weighted by molar-refractivity contribution is 0.753. The first-order valence-corrected chi connectivity index (χ1v) is 18.7. The molecule has 0 amide bonds. The SMILES string of the molecule is N=Cc1c(Nc2ccccc2)ccc2c1c1ccc3ccc4ccccc4c3c1n2-c1ccc(C2=NC(C3=CCCC=C3)=NC(c3ccccc3)C2)cc1. The van der Waals surface area contributed by atoms with Crippen LogP contribution in [0.3, 0.4) is 0 Å². The molecule has 54 heavy (non-hydrogen) atoms. The second-order valence-corrected chi connectivity index (χ2v) is 14.1. The Labute approximate surface area is 313 Å². The van der Waals surface area contributed by atoms with E-state index in [1.54, 1.807) is 0 Å². The minimum absolute atomic E-state index is 0.000168. The van der Waals surface area contributed by atoms with Crippen LogP contribution in [0.1, 0.15) is 42.0 Å². The highest BCUT2D eigenvalue weighted by molar-refractivity contribution is 6.28. The normalized spacial score (nSPS) is 15.7. The second-order valence-electron chi connectivity index (χ2n) is 14.1. The van der Waals surface area contributed by atoms with Crippen LogP contribution in [0.2, 0.25) is 0 Å². The van der Waals surface area contributed by atoms with Crippen LogP contribution in [-0.2, 0) is 0 Å². The summed E-state index contributed by atoms with van der Waals surface area (Å²) in [7, 11) is 0. The average molecular weight is 696 g/mol. The fourth-order valence-corrected chi connectivity index (χ4v) is 8.26. The van der Waals surface area contributed by atoms with Crippen LogP contribution in [0.4, 0.5) is 11.4 Å². The zero-order valence-corrected chi connectivity index (χ0v) is 29.7. The van der Waals surface area contributed by atoms with Gasteiger partial charge in [0.1, 0.15) is 0 Å². The van der Waals surface area contributed by atoms with Crippen LogP contribution in [0.25, 0.3) is 49.0 Å². The van der Waals surface area contributed by atoms with Gasteiger partial charge in [-0.25, -0.2) is 4.99 Å². The highest BCUT2D eigenvalue weighted by Gasteiger charge is 2.24. The Balaban J connectivity index is 1.17. The first kappa shape index (κ1) is 31.9. The molecule has 0 bridgehead atoms. The monoisotopic (exact) mass is 695 g/mol. The van der Waals surface area contributed by atoms with Gasteiger partial charge < -0.3 is 15.3 Å². The van der Waals surface area contributed by atoms with E-state index < -0.39 is 0 Å². The lowest BCUT2D eigenvalue weighted by Crippen LogP contribution is -2.18. The van der Waals surface area contributed by atoms with Gasteiger partial charge in [0, 0.05) is 57.0 Å². The predicted octanol–water partition coefficient (Wildman–Crippen LogP) is 12.4. The van der Waals surface area contributed by atoms with E-state index in [2.05, 4.69) is 156 Å². The fourth-order valence-electron chi connectivity index (χ4n) is 8.26. The molecule has 0 spiro atoms. The molecule has 5 nitrogen and oxygen atoms in total. The number of fused-ring (bicyclic) bond motifs is 7. The van der Waals surface area contributed by atoms with Gasteiger partial charge >= 0.3 is 0 Å². The summed E-state index contributed by atoms with van der Waals surface area (Å²) in [4.78, 5) is 10.4. The number of para-hydroxylation sites is 1. The Morgan fingerprint density at radius 3 is 2.24 bits per heavy atom. The zero-order valence-electron chi connectivity index (χ0n) is 29.7. The number of benzene rings is 7. The molecule has 7 aromatic carbocycles. The number of rotatable bonds is 7. The van der Waals surface area contributed by atoms with E-state index in [4.69, 9.17) is 15.4 Å². The highest BCUT2D eigenvalue weighted by Crippen LogP contribution is 2.42. The van der Waals surface area contributed by atoms with E-state index in [1.807, 2.05) is 18.2 Å². The van der Waals surface area contributed by atoms with Crippen LogP contribution in [0, 0.1) is 5.41 Å². The van der Waals surface area contributed by atoms with Gasteiger partial charge in [-0.05, 0) is 76.5 Å². The van der Waals surface area contributed by atoms with Gasteiger partial charge in [-0.2, -0.15) is 0 Å². The van der Waals surface area contributed by atoms with Crippen molar-refractivity contribution in [2.45, 2.75) is 25.3 Å². The van der Waals surface area contributed by atoms with Crippen LogP contribution >= 0.6 is 0 Å². The molecule has 1 unspecified atom stereocenters. The van der Waals surface area contributed by atoms with Crippen molar-refractivity contribution < 1.29 is 0 Å². The Hall–Kier alpha value is -6.85. The van der Waals surface area contributed by atoms with Gasteiger partial charge in [0.2, 0.25) is 0 Å². The molecule has 2 heterocycles. The summed E-state index contributed by atoms with van der Waals surface area (Å²) in [5.41, 5.74) is 10.4. The first-order chi connectivity index (χ1) is 26.7. The molecule has 0 saturated carbocycles. The molecular formula is C49H37N5.